The molecule has 4 aliphatic carbocycles. The first-order valence-corrected chi connectivity index (χ1v) is 8.29. The van der Waals surface area contributed by atoms with E-state index in [4.69, 9.17) is 0 Å². The third-order valence-electron chi connectivity index (χ3n) is 5.26. The normalized spacial score (nSPS) is 39.3. The Kier molecular flexibility index (Phi) is 3.63. The van der Waals surface area contributed by atoms with Crippen molar-refractivity contribution in [1.82, 2.24) is 0 Å². The molecule has 4 saturated carbocycles. The van der Waals surface area contributed by atoms with Gasteiger partial charge < -0.3 is 4.74 Å². The van der Waals surface area contributed by atoms with E-state index in [-0.39, 0.29) is 22.3 Å². The third kappa shape index (κ3) is 2.83. The van der Waals surface area contributed by atoms with Gasteiger partial charge in [-0.15, -0.1) is 0 Å². The van der Waals surface area contributed by atoms with Gasteiger partial charge in [0.25, 0.3) is 0 Å². The number of ether oxygens (including phenoxy) is 1. The lowest BCUT2D eigenvalue weighted by atomic mass is 9.49. The maximum atomic E-state index is 12.1. The summed E-state index contributed by atoms with van der Waals surface area (Å²) < 4.78 is 4.58. The van der Waals surface area contributed by atoms with Crippen molar-refractivity contribution in [2.24, 2.45) is 23.2 Å². The molecule has 4 rings (SSSR count). The molecule has 0 unspecified atom stereocenters. The van der Waals surface area contributed by atoms with Crippen molar-refractivity contribution in [3.63, 3.8) is 0 Å². The number of thioether (sulfide) groups is 1. The molecule has 0 aromatic carbocycles. The van der Waals surface area contributed by atoms with Crippen LogP contribution < -0.4 is 0 Å². The van der Waals surface area contributed by atoms with Crippen LogP contribution in [0.5, 0.6) is 0 Å². The molecule has 0 amide bonds. The largest absolute Gasteiger partial charge is 0.468 e. The van der Waals surface area contributed by atoms with Crippen LogP contribution in [0.2, 0.25) is 0 Å². The van der Waals surface area contributed by atoms with Crippen LogP contribution in [-0.4, -0.2) is 23.9 Å². The summed E-state index contributed by atoms with van der Waals surface area (Å²) >= 11 is 1.14. The van der Waals surface area contributed by atoms with E-state index < -0.39 is 0 Å². The van der Waals surface area contributed by atoms with Crippen LogP contribution in [0.1, 0.15) is 44.9 Å². The van der Waals surface area contributed by atoms with Gasteiger partial charge in [0.05, 0.1) is 12.9 Å². The van der Waals surface area contributed by atoms with Gasteiger partial charge in [0.1, 0.15) is 0 Å². The van der Waals surface area contributed by atoms with Crippen LogP contribution in [0.4, 0.5) is 0 Å². The monoisotopic (exact) mass is 282 g/mol. The summed E-state index contributed by atoms with van der Waals surface area (Å²) in [5.74, 6) is 2.50. The number of hydrogen-bond acceptors (Lipinski definition) is 4. The smallest absolute Gasteiger partial charge is 0.316 e. The van der Waals surface area contributed by atoms with Gasteiger partial charge in [-0.3, -0.25) is 9.59 Å². The van der Waals surface area contributed by atoms with Gasteiger partial charge in [0.15, 0.2) is 5.12 Å². The van der Waals surface area contributed by atoms with E-state index in [0.717, 1.165) is 29.5 Å². The highest BCUT2D eigenvalue weighted by Crippen LogP contribution is 2.61. The van der Waals surface area contributed by atoms with E-state index in [1.807, 2.05) is 0 Å². The molecule has 4 heteroatoms. The SMILES string of the molecule is COC(=O)CSC(=O)CC12CC3CC(CC(C3)C1)C2. The Balaban J connectivity index is 1.57. The predicted octanol–water partition coefficient (Wildman–Crippen LogP) is 3.03. The number of carbonyl (C=O) groups excluding carboxylic acids is 2. The summed E-state index contributed by atoms with van der Waals surface area (Å²) in [4.78, 5) is 23.2. The Morgan fingerprint density at radius 3 is 2.11 bits per heavy atom. The van der Waals surface area contributed by atoms with Gasteiger partial charge in [-0.1, -0.05) is 11.8 Å². The van der Waals surface area contributed by atoms with Gasteiger partial charge in [-0.2, -0.15) is 0 Å². The lowest BCUT2D eigenvalue weighted by Crippen LogP contribution is -2.46. The van der Waals surface area contributed by atoms with Crippen molar-refractivity contribution < 1.29 is 14.3 Å². The second-order valence-corrected chi connectivity index (χ2v) is 7.86. The zero-order chi connectivity index (χ0) is 13.5. The van der Waals surface area contributed by atoms with Crippen LogP contribution >= 0.6 is 11.8 Å². The molecule has 0 atom stereocenters. The molecule has 3 nitrogen and oxygen atoms in total. The highest BCUT2D eigenvalue weighted by molar-refractivity contribution is 8.14. The zero-order valence-electron chi connectivity index (χ0n) is 11.5. The second kappa shape index (κ2) is 5.12. The van der Waals surface area contributed by atoms with Gasteiger partial charge in [-0.05, 0) is 61.7 Å². The van der Waals surface area contributed by atoms with Crippen molar-refractivity contribution in [1.29, 1.82) is 0 Å². The Hall–Kier alpha value is -0.510. The van der Waals surface area contributed by atoms with Crippen LogP contribution in [0, 0.1) is 23.2 Å². The third-order valence-corrected chi connectivity index (χ3v) is 6.11. The summed E-state index contributed by atoms with van der Waals surface area (Å²) in [6, 6.07) is 0. The van der Waals surface area contributed by atoms with Crippen molar-refractivity contribution in [2.75, 3.05) is 12.9 Å². The minimum absolute atomic E-state index is 0.168. The standard InChI is InChI=1S/C15H22O3S/c1-18-13(16)9-19-14(17)8-15-5-10-2-11(6-15)4-12(3-10)7-15/h10-12H,2-9H2,1H3. The molecular weight excluding hydrogens is 260 g/mol. The molecule has 19 heavy (non-hydrogen) atoms. The number of esters is 1. The molecular formula is C15H22O3S. The lowest BCUT2D eigenvalue weighted by molar-refractivity contribution is -0.137. The molecule has 0 saturated heterocycles. The van der Waals surface area contributed by atoms with E-state index in [1.54, 1.807) is 0 Å². The van der Waals surface area contributed by atoms with E-state index >= 15 is 0 Å². The highest BCUT2D eigenvalue weighted by Gasteiger charge is 2.51. The van der Waals surface area contributed by atoms with Crippen LogP contribution in [0.25, 0.3) is 0 Å². The average Bonchev–Trinajstić information content (AvgIpc) is 2.33. The van der Waals surface area contributed by atoms with E-state index in [9.17, 15) is 9.59 Å². The molecule has 4 bridgehead atoms. The number of methoxy groups -OCH3 is 1. The maximum absolute atomic E-state index is 12.1. The van der Waals surface area contributed by atoms with Gasteiger partial charge in [-0.25, -0.2) is 0 Å². The maximum Gasteiger partial charge on any atom is 0.316 e. The minimum Gasteiger partial charge on any atom is -0.468 e. The molecule has 0 aromatic rings. The fourth-order valence-corrected chi connectivity index (χ4v) is 5.87. The Labute approximate surface area is 118 Å². The van der Waals surface area contributed by atoms with Crippen molar-refractivity contribution in [3.05, 3.63) is 0 Å². The lowest BCUT2D eigenvalue weighted by Gasteiger charge is -2.56. The first kappa shape index (κ1) is 13.5. The van der Waals surface area contributed by atoms with E-state index in [1.165, 1.54) is 45.6 Å². The Bertz CT molecular complexity index is 356. The van der Waals surface area contributed by atoms with Crippen LogP contribution in [0.3, 0.4) is 0 Å². The molecule has 0 aliphatic heterocycles. The molecule has 0 N–H and O–H groups in total. The molecule has 4 fully saturated rings. The minimum atomic E-state index is -0.302. The predicted molar refractivity (Wildman–Crippen MR) is 74.7 cm³/mol. The zero-order valence-corrected chi connectivity index (χ0v) is 12.3. The quantitative estimate of drug-likeness (QED) is 0.743. The Morgan fingerprint density at radius 2 is 1.63 bits per heavy atom. The second-order valence-electron chi connectivity index (χ2n) is 6.83. The molecule has 0 spiro atoms. The molecule has 106 valence electrons. The molecule has 0 heterocycles. The summed E-state index contributed by atoms with van der Waals surface area (Å²) in [6.45, 7) is 0. The van der Waals surface area contributed by atoms with Crippen molar-refractivity contribution >= 4 is 22.8 Å². The Morgan fingerprint density at radius 1 is 1.11 bits per heavy atom. The summed E-state index contributed by atoms with van der Waals surface area (Å²) in [7, 11) is 1.37. The molecule has 0 aromatic heterocycles. The summed E-state index contributed by atoms with van der Waals surface area (Å²) in [6.07, 6.45) is 8.66. The molecule has 4 aliphatic rings. The number of hydrogen-bond donors (Lipinski definition) is 0. The van der Waals surface area contributed by atoms with Gasteiger partial charge in [0.2, 0.25) is 0 Å². The summed E-state index contributed by atoms with van der Waals surface area (Å²) in [5.41, 5.74) is 0.287. The first-order chi connectivity index (χ1) is 9.08. The fourth-order valence-electron chi connectivity index (χ4n) is 5.06. The average molecular weight is 282 g/mol. The van der Waals surface area contributed by atoms with Crippen molar-refractivity contribution in [2.45, 2.75) is 44.9 Å². The number of rotatable bonds is 4. The van der Waals surface area contributed by atoms with Gasteiger partial charge >= 0.3 is 5.97 Å². The van der Waals surface area contributed by atoms with Crippen LogP contribution in [-0.2, 0) is 14.3 Å². The molecule has 0 radical (unpaired) electrons. The van der Waals surface area contributed by atoms with Crippen molar-refractivity contribution in [3.8, 4) is 0 Å². The highest BCUT2D eigenvalue weighted by atomic mass is 32.2. The number of carbonyl (C=O) groups is 2. The fraction of sp³-hybridized carbons (Fsp3) is 0.867. The topological polar surface area (TPSA) is 43.4 Å². The summed E-state index contributed by atoms with van der Waals surface area (Å²) in [5, 5.41) is 0.187. The van der Waals surface area contributed by atoms with E-state index in [2.05, 4.69) is 4.74 Å². The first-order valence-electron chi connectivity index (χ1n) is 7.31. The van der Waals surface area contributed by atoms with Crippen LogP contribution in [0.15, 0.2) is 0 Å². The van der Waals surface area contributed by atoms with Gasteiger partial charge in [0, 0.05) is 6.42 Å². The van der Waals surface area contributed by atoms with E-state index in [0.29, 0.717) is 6.42 Å².